The van der Waals surface area contributed by atoms with Crippen molar-refractivity contribution < 1.29 is 4.74 Å². The SMILES string of the molecule is Cc1cc(C2CCCN(CC3CCC=CO3)C2)n[nH]1. The van der Waals surface area contributed by atoms with E-state index < -0.39 is 0 Å². The average Bonchev–Trinajstić information content (AvgIpc) is 2.87. The molecule has 1 fully saturated rings. The molecule has 1 saturated heterocycles. The molecule has 0 bridgehead atoms. The van der Waals surface area contributed by atoms with Crippen LogP contribution >= 0.6 is 0 Å². The van der Waals surface area contributed by atoms with Gasteiger partial charge in [0.15, 0.2) is 0 Å². The Balaban J connectivity index is 1.57. The first-order chi connectivity index (χ1) is 9.31. The number of nitrogens with zero attached hydrogens (tertiary/aromatic N) is 2. The van der Waals surface area contributed by atoms with Crippen LogP contribution in [-0.2, 0) is 4.74 Å². The highest BCUT2D eigenvalue weighted by atomic mass is 16.5. The Morgan fingerprint density at radius 1 is 1.47 bits per heavy atom. The van der Waals surface area contributed by atoms with Crippen LogP contribution in [-0.4, -0.2) is 40.8 Å². The van der Waals surface area contributed by atoms with E-state index in [1.165, 1.54) is 25.1 Å². The largest absolute Gasteiger partial charge is 0.497 e. The van der Waals surface area contributed by atoms with E-state index in [1.807, 2.05) is 6.26 Å². The van der Waals surface area contributed by atoms with Crippen LogP contribution in [0, 0.1) is 6.92 Å². The quantitative estimate of drug-likeness (QED) is 0.909. The Morgan fingerprint density at radius 2 is 2.42 bits per heavy atom. The van der Waals surface area contributed by atoms with E-state index in [0.717, 1.165) is 31.6 Å². The number of ether oxygens (including phenoxy) is 1. The van der Waals surface area contributed by atoms with Gasteiger partial charge in [-0.3, -0.25) is 10.00 Å². The molecule has 2 aliphatic rings. The van der Waals surface area contributed by atoms with Gasteiger partial charge in [-0.1, -0.05) is 0 Å². The maximum atomic E-state index is 5.68. The van der Waals surface area contributed by atoms with Gasteiger partial charge in [-0.25, -0.2) is 0 Å². The third kappa shape index (κ3) is 3.18. The fourth-order valence-electron chi connectivity index (χ4n) is 3.12. The standard InChI is InChI=1S/C15H23N3O/c1-12-9-15(17-16-12)13-5-4-7-18(10-13)11-14-6-2-3-8-19-14/h3,8-9,13-14H,2,4-7,10-11H2,1H3,(H,16,17). The van der Waals surface area contributed by atoms with Crippen molar-refractivity contribution >= 4 is 0 Å². The van der Waals surface area contributed by atoms with E-state index in [4.69, 9.17) is 4.74 Å². The summed E-state index contributed by atoms with van der Waals surface area (Å²) in [4.78, 5) is 2.54. The highest BCUT2D eigenvalue weighted by Gasteiger charge is 2.25. The molecule has 3 heterocycles. The first kappa shape index (κ1) is 12.7. The van der Waals surface area contributed by atoms with Crippen LogP contribution in [0.3, 0.4) is 0 Å². The van der Waals surface area contributed by atoms with Crippen molar-refractivity contribution in [1.82, 2.24) is 15.1 Å². The van der Waals surface area contributed by atoms with Crippen molar-refractivity contribution in [3.8, 4) is 0 Å². The second-order valence-electron chi connectivity index (χ2n) is 5.78. The van der Waals surface area contributed by atoms with Crippen LogP contribution in [0.4, 0.5) is 0 Å². The molecule has 0 saturated carbocycles. The second kappa shape index (κ2) is 5.78. The number of aryl methyl sites for hydroxylation is 1. The lowest BCUT2D eigenvalue weighted by atomic mass is 9.94. The van der Waals surface area contributed by atoms with Gasteiger partial charge in [0.25, 0.3) is 0 Å². The predicted molar refractivity (Wildman–Crippen MR) is 75.0 cm³/mol. The number of nitrogens with one attached hydrogen (secondary N) is 1. The van der Waals surface area contributed by atoms with Crippen LogP contribution in [0.15, 0.2) is 18.4 Å². The minimum absolute atomic E-state index is 0.379. The summed E-state index contributed by atoms with van der Waals surface area (Å²) in [6.07, 6.45) is 9.18. The molecular formula is C15H23N3O. The Morgan fingerprint density at radius 3 is 3.16 bits per heavy atom. The van der Waals surface area contributed by atoms with Crippen LogP contribution in [0.25, 0.3) is 0 Å². The molecule has 0 spiro atoms. The van der Waals surface area contributed by atoms with Gasteiger partial charge >= 0.3 is 0 Å². The number of H-pyrrole nitrogens is 1. The number of rotatable bonds is 3. The molecule has 2 atom stereocenters. The third-order valence-corrected chi connectivity index (χ3v) is 4.13. The molecule has 1 N–H and O–H groups in total. The summed E-state index contributed by atoms with van der Waals surface area (Å²) in [5.74, 6) is 0.581. The summed E-state index contributed by atoms with van der Waals surface area (Å²) < 4.78 is 5.68. The van der Waals surface area contributed by atoms with Crippen molar-refractivity contribution in [3.63, 3.8) is 0 Å². The number of allylic oxidation sites excluding steroid dienone is 1. The van der Waals surface area contributed by atoms with E-state index >= 15 is 0 Å². The van der Waals surface area contributed by atoms with E-state index in [9.17, 15) is 0 Å². The summed E-state index contributed by atoms with van der Waals surface area (Å²) in [6, 6.07) is 2.19. The molecular weight excluding hydrogens is 238 g/mol. The van der Waals surface area contributed by atoms with Crippen LogP contribution in [0.1, 0.15) is 43.0 Å². The van der Waals surface area contributed by atoms with Gasteiger partial charge < -0.3 is 4.74 Å². The predicted octanol–water partition coefficient (Wildman–Crippen LogP) is 2.59. The Bertz CT molecular complexity index is 440. The summed E-state index contributed by atoms with van der Waals surface area (Å²) in [5, 5.41) is 7.49. The fraction of sp³-hybridized carbons (Fsp3) is 0.667. The highest BCUT2D eigenvalue weighted by Crippen LogP contribution is 2.26. The third-order valence-electron chi connectivity index (χ3n) is 4.13. The lowest BCUT2D eigenvalue weighted by Crippen LogP contribution is -2.40. The highest BCUT2D eigenvalue weighted by molar-refractivity contribution is 5.13. The summed E-state index contributed by atoms with van der Waals surface area (Å²) >= 11 is 0. The second-order valence-corrected chi connectivity index (χ2v) is 5.78. The fourth-order valence-corrected chi connectivity index (χ4v) is 3.12. The number of aromatic amines is 1. The number of hydrogen-bond donors (Lipinski definition) is 1. The molecule has 19 heavy (non-hydrogen) atoms. The van der Waals surface area contributed by atoms with E-state index in [1.54, 1.807) is 0 Å². The minimum Gasteiger partial charge on any atom is -0.497 e. The molecule has 4 nitrogen and oxygen atoms in total. The molecule has 4 heteroatoms. The first-order valence-corrected chi connectivity index (χ1v) is 7.36. The van der Waals surface area contributed by atoms with Crippen LogP contribution in [0.5, 0.6) is 0 Å². The molecule has 0 aliphatic carbocycles. The zero-order valence-corrected chi connectivity index (χ0v) is 11.6. The monoisotopic (exact) mass is 261 g/mol. The summed E-state index contributed by atoms with van der Waals surface area (Å²) in [6.45, 7) is 5.45. The smallest absolute Gasteiger partial charge is 0.111 e. The molecule has 0 radical (unpaired) electrons. The normalized spacial score (nSPS) is 28.3. The van der Waals surface area contributed by atoms with Crippen molar-refractivity contribution in [2.24, 2.45) is 0 Å². The van der Waals surface area contributed by atoms with Crippen LogP contribution < -0.4 is 0 Å². The van der Waals surface area contributed by atoms with E-state index in [0.29, 0.717) is 12.0 Å². The Labute approximate surface area is 114 Å². The van der Waals surface area contributed by atoms with Gasteiger partial charge in [-0.15, -0.1) is 0 Å². The molecule has 0 amide bonds. The van der Waals surface area contributed by atoms with Gasteiger partial charge in [0.1, 0.15) is 6.10 Å². The topological polar surface area (TPSA) is 41.1 Å². The molecule has 1 aromatic heterocycles. The Kier molecular flexibility index (Phi) is 3.87. The zero-order valence-electron chi connectivity index (χ0n) is 11.6. The Hall–Kier alpha value is -1.29. The van der Waals surface area contributed by atoms with Crippen molar-refractivity contribution in [3.05, 3.63) is 29.8 Å². The van der Waals surface area contributed by atoms with Gasteiger partial charge in [-0.05, 0) is 51.3 Å². The number of likely N-dealkylation sites (tertiary alicyclic amines) is 1. The molecule has 104 valence electrons. The molecule has 0 aromatic carbocycles. The van der Waals surface area contributed by atoms with Crippen LogP contribution in [0.2, 0.25) is 0 Å². The lowest BCUT2D eigenvalue weighted by Gasteiger charge is -2.34. The molecule has 1 aromatic rings. The molecule has 2 aliphatic heterocycles. The minimum atomic E-state index is 0.379. The van der Waals surface area contributed by atoms with Gasteiger partial charge in [0.05, 0.1) is 12.0 Å². The lowest BCUT2D eigenvalue weighted by molar-refractivity contribution is 0.0671. The first-order valence-electron chi connectivity index (χ1n) is 7.36. The maximum Gasteiger partial charge on any atom is 0.111 e. The summed E-state index contributed by atoms with van der Waals surface area (Å²) in [7, 11) is 0. The van der Waals surface area contributed by atoms with Gasteiger partial charge in [0.2, 0.25) is 0 Å². The maximum absolute atomic E-state index is 5.68. The van der Waals surface area contributed by atoms with Gasteiger partial charge in [-0.2, -0.15) is 5.10 Å². The van der Waals surface area contributed by atoms with E-state index in [2.05, 4.69) is 34.2 Å². The molecule has 2 unspecified atom stereocenters. The number of aromatic nitrogens is 2. The van der Waals surface area contributed by atoms with Gasteiger partial charge in [0, 0.05) is 24.7 Å². The zero-order chi connectivity index (χ0) is 13.1. The van der Waals surface area contributed by atoms with Crippen molar-refractivity contribution in [2.75, 3.05) is 19.6 Å². The average molecular weight is 261 g/mol. The number of piperidine rings is 1. The number of hydrogen-bond acceptors (Lipinski definition) is 3. The van der Waals surface area contributed by atoms with E-state index in [-0.39, 0.29) is 0 Å². The summed E-state index contributed by atoms with van der Waals surface area (Å²) in [5.41, 5.74) is 2.39. The van der Waals surface area contributed by atoms with Crippen molar-refractivity contribution in [2.45, 2.75) is 44.6 Å². The van der Waals surface area contributed by atoms with Crippen molar-refractivity contribution in [1.29, 1.82) is 0 Å². The molecule has 3 rings (SSSR count).